The lowest BCUT2D eigenvalue weighted by atomic mass is 10.1. The highest BCUT2D eigenvalue weighted by Crippen LogP contribution is 2.22. The van der Waals surface area contributed by atoms with E-state index in [1.165, 1.54) is 11.3 Å². The summed E-state index contributed by atoms with van der Waals surface area (Å²) in [4.78, 5) is 8.62. The molecule has 1 unspecified atom stereocenters. The molecule has 1 atom stereocenters. The fourth-order valence-corrected chi connectivity index (χ4v) is 1.87. The number of nitrogens with zero attached hydrogens (tertiary/aromatic N) is 3. The van der Waals surface area contributed by atoms with Crippen molar-refractivity contribution in [3.05, 3.63) is 16.2 Å². The fraction of sp³-hybridized carbons (Fsp3) is 0.500. The molecule has 86 valence electrons. The van der Waals surface area contributed by atoms with Gasteiger partial charge < -0.3 is 10.3 Å². The lowest BCUT2D eigenvalue weighted by Gasteiger charge is -1.98. The molecule has 5 nitrogen and oxygen atoms in total. The van der Waals surface area contributed by atoms with Gasteiger partial charge in [-0.1, -0.05) is 19.0 Å². The zero-order valence-corrected chi connectivity index (χ0v) is 10.1. The third-order valence-corrected chi connectivity index (χ3v) is 3.31. The molecule has 0 saturated heterocycles. The molecule has 2 heterocycles. The summed E-state index contributed by atoms with van der Waals surface area (Å²) < 4.78 is 5.17. The van der Waals surface area contributed by atoms with Crippen LogP contribution < -0.4 is 5.73 Å². The Morgan fingerprint density at radius 3 is 2.94 bits per heavy atom. The van der Waals surface area contributed by atoms with E-state index in [1.54, 1.807) is 0 Å². The van der Waals surface area contributed by atoms with Gasteiger partial charge in [0.2, 0.25) is 0 Å². The van der Waals surface area contributed by atoms with Crippen molar-refractivity contribution in [2.45, 2.75) is 32.7 Å². The molecule has 0 radical (unpaired) electrons. The van der Waals surface area contributed by atoms with Gasteiger partial charge in [0.1, 0.15) is 10.7 Å². The second-order valence-corrected chi connectivity index (χ2v) is 4.54. The van der Waals surface area contributed by atoms with Crippen LogP contribution in [0.5, 0.6) is 0 Å². The highest BCUT2D eigenvalue weighted by Gasteiger charge is 2.15. The lowest BCUT2D eigenvalue weighted by Crippen LogP contribution is -1.95. The molecule has 0 saturated carbocycles. The molecule has 0 fully saturated rings. The Morgan fingerprint density at radius 1 is 1.50 bits per heavy atom. The first-order chi connectivity index (χ1) is 7.74. The van der Waals surface area contributed by atoms with Gasteiger partial charge in [0.25, 0.3) is 5.89 Å². The van der Waals surface area contributed by atoms with E-state index in [9.17, 15) is 0 Å². The van der Waals surface area contributed by atoms with E-state index in [1.807, 2.05) is 5.38 Å². The van der Waals surface area contributed by atoms with Crippen molar-refractivity contribution in [2.75, 3.05) is 0 Å². The molecule has 0 aliphatic rings. The van der Waals surface area contributed by atoms with Gasteiger partial charge in [-0.15, -0.1) is 11.3 Å². The summed E-state index contributed by atoms with van der Waals surface area (Å²) in [5.74, 6) is 1.52. The first kappa shape index (κ1) is 11.2. The van der Waals surface area contributed by atoms with Crippen molar-refractivity contribution in [1.82, 2.24) is 15.1 Å². The van der Waals surface area contributed by atoms with E-state index < -0.39 is 0 Å². The standard InChI is InChI=1S/C10H14N4OS/c1-3-6(2)9-13-10(15-14-9)7-5-16-8(4-11)12-7/h5-6H,3-4,11H2,1-2H3. The molecule has 2 rings (SSSR count). The monoisotopic (exact) mass is 238 g/mol. The van der Waals surface area contributed by atoms with Crippen LogP contribution in [0.4, 0.5) is 0 Å². The van der Waals surface area contributed by atoms with Crippen LogP contribution >= 0.6 is 11.3 Å². The summed E-state index contributed by atoms with van der Waals surface area (Å²) in [5, 5.41) is 6.70. The molecule has 16 heavy (non-hydrogen) atoms. The quantitative estimate of drug-likeness (QED) is 0.883. The van der Waals surface area contributed by atoms with E-state index in [4.69, 9.17) is 10.3 Å². The summed E-state index contributed by atoms with van der Waals surface area (Å²) in [6.07, 6.45) is 0.990. The van der Waals surface area contributed by atoms with Crippen LogP contribution in [0.1, 0.15) is 37.0 Å². The normalized spacial score (nSPS) is 12.9. The molecule has 2 aromatic rings. The largest absolute Gasteiger partial charge is 0.332 e. The molecule has 6 heteroatoms. The molecule has 0 aliphatic carbocycles. The van der Waals surface area contributed by atoms with Crippen molar-refractivity contribution in [3.8, 4) is 11.6 Å². The number of hydrogen-bond acceptors (Lipinski definition) is 6. The van der Waals surface area contributed by atoms with Crippen LogP contribution in [0, 0.1) is 0 Å². The number of aromatic nitrogens is 3. The Kier molecular flexibility index (Phi) is 3.31. The van der Waals surface area contributed by atoms with Crippen LogP contribution in [0.25, 0.3) is 11.6 Å². The maximum Gasteiger partial charge on any atom is 0.277 e. The van der Waals surface area contributed by atoms with Crippen molar-refractivity contribution in [1.29, 1.82) is 0 Å². The zero-order valence-electron chi connectivity index (χ0n) is 9.30. The van der Waals surface area contributed by atoms with Crippen LogP contribution in [0.3, 0.4) is 0 Å². The molecule has 0 aromatic carbocycles. The third-order valence-electron chi connectivity index (χ3n) is 2.44. The van der Waals surface area contributed by atoms with E-state index in [2.05, 4.69) is 29.0 Å². The minimum atomic E-state index is 0.310. The third kappa shape index (κ3) is 2.12. The molecule has 0 bridgehead atoms. The summed E-state index contributed by atoms with van der Waals surface area (Å²) in [7, 11) is 0. The van der Waals surface area contributed by atoms with E-state index in [-0.39, 0.29) is 0 Å². The average Bonchev–Trinajstić information content (AvgIpc) is 2.95. The highest BCUT2D eigenvalue weighted by atomic mass is 32.1. The molecular weight excluding hydrogens is 224 g/mol. The van der Waals surface area contributed by atoms with Crippen molar-refractivity contribution in [2.24, 2.45) is 5.73 Å². The summed E-state index contributed by atoms with van der Waals surface area (Å²) in [6.45, 7) is 4.61. The summed E-state index contributed by atoms with van der Waals surface area (Å²) >= 11 is 1.50. The molecule has 0 aliphatic heterocycles. The van der Waals surface area contributed by atoms with Gasteiger partial charge in [-0.3, -0.25) is 0 Å². The smallest absolute Gasteiger partial charge is 0.277 e. The topological polar surface area (TPSA) is 77.8 Å². The molecular formula is C10H14N4OS. The van der Waals surface area contributed by atoms with Crippen LogP contribution in [0.15, 0.2) is 9.90 Å². The van der Waals surface area contributed by atoms with Crippen molar-refractivity contribution < 1.29 is 4.52 Å². The Labute approximate surface area is 97.7 Å². The van der Waals surface area contributed by atoms with Gasteiger partial charge in [-0.25, -0.2) is 4.98 Å². The average molecular weight is 238 g/mol. The summed E-state index contributed by atoms with van der Waals surface area (Å²) in [6, 6.07) is 0. The maximum absolute atomic E-state index is 5.50. The number of rotatable bonds is 4. The Bertz CT molecular complexity index is 465. The first-order valence-corrected chi connectivity index (χ1v) is 6.11. The lowest BCUT2D eigenvalue weighted by molar-refractivity contribution is 0.415. The van der Waals surface area contributed by atoms with Crippen LogP contribution in [-0.4, -0.2) is 15.1 Å². The maximum atomic E-state index is 5.50. The minimum Gasteiger partial charge on any atom is -0.332 e. The van der Waals surface area contributed by atoms with E-state index in [0.717, 1.165) is 17.3 Å². The van der Waals surface area contributed by atoms with Gasteiger partial charge >= 0.3 is 0 Å². The van der Waals surface area contributed by atoms with Gasteiger partial charge in [0.15, 0.2) is 5.82 Å². The van der Waals surface area contributed by atoms with Gasteiger partial charge in [0.05, 0.1) is 0 Å². The predicted molar refractivity (Wildman–Crippen MR) is 62.0 cm³/mol. The highest BCUT2D eigenvalue weighted by molar-refractivity contribution is 7.09. The molecule has 0 amide bonds. The van der Waals surface area contributed by atoms with Gasteiger partial charge in [-0.2, -0.15) is 4.98 Å². The number of thiazole rings is 1. The minimum absolute atomic E-state index is 0.310. The Morgan fingerprint density at radius 2 is 2.31 bits per heavy atom. The van der Waals surface area contributed by atoms with Crippen LogP contribution in [-0.2, 0) is 6.54 Å². The van der Waals surface area contributed by atoms with Gasteiger partial charge in [-0.05, 0) is 6.42 Å². The fourth-order valence-electron chi connectivity index (χ4n) is 1.22. The SMILES string of the molecule is CCC(C)c1noc(-c2csc(CN)n2)n1. The molecule has 0 spiro atoms. The van der Waals surface area contributed by atoms with E-state index >= 15 is 0 Å². The van der Waals surface area contributed by atoms with E-state index in [0.29, 0.717) is 24.0 Å². The van der Waals surface area contributed by atoms with Crippen LogP contribution in [0.2, 0.25) is 0 Å². The van der Waals surface area contributed by atoms with Crippen molar-refractivity contribution >= 4 is 11.3 Å². The zero-order chi connectivity index (χ0) is 11.5. The second kappa shape index (κ2) is 4.71. The predicted octanol–water partition coefficient (Wildman–Crippen LogP) is 2.17. The first-order valence-electron chi connectivity index (χ1n) is 5.23. The van der Waals surface area contributed by atoms with Crippen molar-refractivity contribution in [3.63, 3.8) is 0 Å². The number of nitrogens with two attached hydrogens (primary N) is 1. The Balaban J connectivity index is 2.24. The number of hydrogen-bond donors (Lipinski definition) is 1. The summed E-state index contributed by atoms with van der Waals surface area (Å²) in [5.41, 5.74) is 6.21. The Hall–Kier alpha value is -1.27. The molecule has 2 aromatic heterocycles. The van der Waals surface area contributed by atoms with Gasteiger partial charge in [0, 0.05) is 17.8 Å². The molecule has 2 N–H and O–H groups in total. The second-order valence-electron chi connectivity index (χ2n) is 3.60.